The number of likely N-dealkylation sites (N-methyl/N-ethyl adjacent to an activating group) is 1. The van der Waals surface area contributed by atoms with Gasteiger partial charge in [0.1, 0.15) is 5.75 Å². The van der Waals surface area contributed by atoms with Crippen LogP contribution in [0.3, 0.4) is 0 Å². The fraction of sp³-hybridized carbons (Fsp3) is 0.250. The van der Waals surface area contributed by atoms with E-state index in [1.54, 1.807) is 11.6 Å². The van der Waals surface area contributed by atoms with Gasteiger partial charge in [0.25, 0.3) is 0 Å². The zero-order chi connectivity index (χ0) is 21.2. The van der Waals surface area contributed by atoms with Crippen molar-refractivity contribution in [3.8, 4) is 16.9 Å². The van der Waals surface area contributed by atoms with Crippen molar-refractivity contribution in [2.45, 2.75) is 0 Å². The molecule has 0 bridgehead atoms. The lowest BCUT2D eigenvalue weighted by molar-refractivity contribution is 0.313. The predicted molar refractivity (Wildman–Crippen MR) is 124 cm³/mol. The van der Waals surface area contributed by atoms with Gasteiger partial charge in [-0.25, -0.2) is 4.52 Å². The number of pyridine rings is 1. The minimum Gasteiger partial charge on any atom is -0.497 e. The Hall–Kier alpha value is -3.58. The maximum Gasteiger partial charge on any atom is 0.247 e. The maximum atomic E-state index is 5.27. The summed E-state index contributed by atoms with van der Waals surface area (Å²) >= 11 is 0. The maximum absolute atomic E-state index is 5.27. The predicted octanol–water partition coefficient (Wildman–Crippen LogP) is 3.90. The van der Waals surface area contributed by atoms with Crippen molar-refractivity contribution in [3.05, 3.63) is 66.9 Å². The van der Waals surface area contributed by atoms with Crippen LogP contribution in [0.4, 0.5) is 17.3 Å². The first-order valence-electron chi connectivity index (χ1n) is 10.5. The van der Waals surface area contributed by atoms with Gasteiger partial charge in [-0.1, -0.05) is 12.1 Å². The molecule has 7 nitrogen and oxygen atoms in total. The van der Waals surface area contributed by atoms with E-state index >= 15 is 0 Å². The van der Waals surface area contributed by atoms with Gasteiger partial charge in [-0.15, -0.1) is 5.10 Å². The Bertz CT molecular complexity index is 1160. The monoisotopic (exact) mass is 414 g/mol. The number of methoxy groups -OCH3 is 1. The lowest BCUT2D eigenvalue weighted by Gasteiger charge is -2.34. The van der Waals surface area contributed by atoms with E-state index in [0.29, 0.717) is 5.95 Å². The molecule has 1 aliphatic rings. The van der Waals surface area contributed by atoms with E-state index < -0.39 is 0 Å². The molecule has 3 heterocycles. The van der Waals surface area contributed by atoms with Crippen molar-refractivity contribution < 1.29 is 4.74 Å². The Morgan fingerprint density at radius 3 is 2.35 bits per heavy atom. The minimum atomic E-state index is 0.577. The summed E-state index contributed by atoms with van der Waals surface area (Å²) in [4.78, 5) is 9.53. The molecule has 0 unspecified atom stereocenters. The van der Waals surface area contributed by atoms with E-state index in [9.17, 15) is 0 Å². The van der Waals surface area contributed by atoms with Crippen LogP contribution in [0.2, 0.25) is 0 Å². The molecule has 2 aromatic carbocycles. The van der Waals surface area contributed by atoms with Gasteiger partial charge in [0.15, 0.2) is 5.65 Å². The van der Waals surface area contributed by atoms with Crippen LogP contribution in [-0.2, 0) is 0 Å². The first-order valence-corrected chi connectivity index (χ1v) is 10.5. The van der Waals surface area contributed by atoms with Crippen LogP contribution in [0.15, 0.2) is 66.9 Å². The van der Waals surface area contributed by atoms with Crippen LogP contribution in [0.1, 0.15) is 0 Å². The van der Waals surface area contributed by atoms with Crippen LogP contribution in [-0.4, -0.2) is 59.8 Å². The van der Waals surface area contributed by atoms with Crippen LogP contribution in [0, 0.1) is 0 Å². The molecule has 0 atom stereocenters. The number of piperazine rings is 1. The SMILES string of the molecule is COc1ccc(-c2cccn3nc(Nc4ccc(N5CCN(C)CC5)cc4)nc23)cc1. The number of hydrogen-bond donors (Lipinski definition) is 1. The molecule has 0 aliphatic carbocycles. The summed E-state index contributed by atoms with van der Waals surface area (Å²) in [6.45, 7) is 4.32. The molecule has 1 fully saturated rings. The van der Waals surface area contributed by atoms with Crippen molar-refractivity contribution in [2.24, 2.45) is 0 Å². The first-order chi connectivity index (χ1) is 15.2. The molecule has 2 aromatic heterocycles. The van der Waals surface area contributed by atoms with Crippen molar-refractivity contribution in [3.63, 3.8) is 0 Å². The Kier molecular flexibility index (Phi) is 5.18. The molecule has 1 aliphatic heterocycles. The number of nitrogens with zero attached hydrogens (tertiary/aromatic N) is 5. The molecule has 1 saturated heterocycles. The molecule has 0 spiro atoms. The Morgan fingerprint density at radius 1 is 0.903 bits per heavy atom. The van der Waals surface area contributed by atoms with Gasteiger partial charge in [0, 0.05) is 49.3 Å². The van der Waals surface area contributed by atoms with Gasteiger partial charge in [0.2, 0.25) is 5.95 Å². The number of ether oxygens (including phenoxy) is 1. The zero-order valence-corrected chi connectivity index (χ0v) is 17.8. The number of anilines is 3. The van der Waals surface area contributed by atoms with Crippen molar-refractivity contribution in [1.82, 2.24) is 19.5 Å². The fourth-order valence-electron chi connectivity index (χ4n) is 3.90. The molecule has 7 heteroatoms. The number of hydrogen-bond acceptors (Lipinski definition) is 6. The lowest BCUT2D eigenvalue weighted by atomic mass is 10.1. The van der Waals surface area contributed by atoms with Crippen LogP contribution < -0.4 is 15.0 Å². The molecule has 1 N–H and O–H groups in total. The highest BCUT2D eigenvalue weighted by Crippen LogP contribution is 2.27. The van der Waals surface area contributed by atoms with E-state index in [1.807, 2.05) is 36.5 Å². The molecule has 0 radical (unpaired) electrons. The van der Waals surface area contributed by atoms with Crippen LogP contribution in [0.5, 0.6) is 5.75 Å². The Balaban J connectivity index is 1.36. The van der Waals surface area contributed by atoms with E-state index in [4.69, 9.17) is 9.72 Å². The average Bonchev–Trinajstić information content (AvgIpc) is 3.23. The average molecular weight is 415 g/mol. The summed E-state index contributed by atoms with van der Waals surface area (Å²) in [5, 5.41) is 7.94. The van der Waals surface area contributed by atoms with Gasteiger partial charge in [-0.3, -0.25) is 0 Å². The number of benzene rings is 2. The van der Waals surface area contributed by atoms with Gasteiger partial charge >= 0.3 is 0 Å². The topological polar surface area (TPSA) is 57.9 Å². The lowest BCUT2D eigenvalue weighted by Crippen LogP contribution is -2.44. The molecule has 4 aromatic rings. The number of rotatable bonds is 5. The quantitative estimate of drug-likeness (QED) is 0.535. The summed E-state index contributed by atoms with van der Waals surface area (Å²) in [6, 6.07) is 20.5. The highest BCUT2D eigenvalue weighted by Gasteiger charge is 2.14. The number of fused-ring (bicyclic) bond motifs is 1. The summed E-state index contributed by atoms with van der Waals surface area (Å²) in [5.74, 6) is 1.41. The number of nitrogens with one attached hydrogen (secondary N) is 1. The largest absolute Gasteiger partial charge is 0.497 e. The minimum absolute atomic E-state index is 0.577. The summed E-state index contributed by atoms with van der Waals surface area (Å²) in [6.07, 6.45) is 1.91. The Morgan fingerprint density at radius 2 is 1.65 bits per heavy atom. The van der Waals surface area contributed by atoms with Gasteiger partial charge in [0.05, 0.1) is 7.11 Å². The van der Waals surface area contributed by atoms with E-state index in [-0.39, 0.29) is 0 Å². The van der Waals surface area contributed by atoms with Crippen molar-refractivity contribution in [2.75, 3.05) is 50.6 Å². The zero-order valence-electron chi connectivity index (χ0n) is 17.8. The van der Waals surface area contributed by atoms with Crippen LogP contribution >= 0.6 is 0 Å². The second kappa shape index (κ2) is 8.28. The van der Waals surface area contributed by atoms with Gasteiger partial charge in [-0.05, 0) is 61.1 Å². The first kappa shape index (κ1) is 19.4. The molecule has 0 saturated carbocycles. The third kappa shape index (κ3) is 4.04. The standard InChI is InChI=1S/C24H26N6O/c1-28-14-16-29(17-15-28)20-9-7-19(8-10-20)25-24-26-23-22(4-3-13-30(23)27-24)18-5-11-21(31-2)12-6-18/h3-13H,14-17H2,1-2H3,(H,25,27). The van der Waals surface area contributed by atoms with Crippen molar-refractivity contribution >= 4 is 23.0 Å². The molecule has 5 rings (SSSR count). The number of aromatic nitrogens is 3. The normalized spacial score (nSPS) is 14.7. The second-order valence-corrected chi connectivity index (χ2v) is 7.82. The smallest absolute Gasteiger partial charge is 0.247 e. The van der Waals surface area contributed by atoms with E-state index in [1.165, 1.54) is 5.69 Å². The molecular weight excluding hydrogens is 388 g/mol. The molecule has 31 heavy (non-hydrogen) atoms. The summed E-state index contributed by atoms with van der Waals surface area (Å²) in [7, 11) is 3.84. The fourth-order valence-corrected chi connectivity index (χ4v) is 3.90. The third-order valence-corrected chi connectivity index (χ3v) is 5.76. The molecular formula is C24H26N6O. The summed E-state index contributed by atoms with van der Waals surface area (Å²) < 4.78 is 7.07. The molecule has 0 amide bonds. The van der Waals surface area contributed by atoms with Crippen LogP contribution in [0.25, 0.3) is 16.8 Å². The van der Waals surface area contributed by atoms with E-state index in [2.05, 4.69) is 57.6 Å². The molecule has 158 valence electrons. The summed E-state index contributed by atoms with van der Waals surface area (Å²) in [5.41, 5.74) is 5.13. The second-order valence-electron chi connectivity index (χ2n) is 7.82. The highest BCUT2D eigenvalue weighted by molar-refractivity contribution is 5.78. The Labute approximate surface area is 181 Å². The van der Waals surface area contributed by atoms with Gasteiger partial charge < -0.3 is 19.9 Å². The van der Waals surface area contributed by atoms with Gasteiger partial charge in [-0.2, -0.15) is 4.98 Å². The highest BCUT2D eigenvalue weighted by atomic mass is 16.5. The third-order valence-electron chi connectivity index (χ3n) is 5.76. The van der Waals surface area contributed by atoms with Crippen molar-refractivity contribution in [1.29, 1.82) is 0 Å². The van der Waals surface area contributed by atoms with E-state index in [0.717, 1.165) is 54.4 Å².